The van der Waals surface area contributed by atoms with Crippen molar-refractivity contribution in [1.82, 2.24) is 0 Å². The number of amidine groups is 1. The summed E-state index contributed by atoms with van der Waals surface area (Å²) in [5.74, 6) is -1.46. The maximum absolute atomic E-state index is 13.4. The van der Waals surface area contributed by atoms with Crippen LogP contribution in [0.3, 0.4) is 0 Å². The molecule has 2 aromatic carbocycles. The number of aryl methyl sites for hydroxylation is 1. The Morgan fingerprint density at radius 1 is 1.00 bits per heavy atom. The highest BCUT2D eigenvalue weighted by molar-refractivity contribution is 8.16. The minimum absolute atomic E-state index is 0.00501. The normalized spacial score (nSPS) is 23.1. The van der Waals surface area contributed by atoms with Crippen molar-refractivity contribution in [2.24, 2.45) is 4.99 Å². The second kappa shape index (κ2) is 8.84. The van der Waals surface area contributed by atoms with E-state index in [1.165, 1.54) is 0 Å². The van der Waals surface area contributed by atoms with Crippen LogP contribution in [0.1, 0.15) is 22.3 Å². The minimum Gasteiger partial charge on any atom is -0.316 e. The van der Waals surface area contributed by atoms with Gasteiger partial charge in [-0.3, -0.25) is 4.79 Å². The smallest absolute Gasteiger partial charge is 0.316 e. The van der Waals surface area contributed by atoms with Gasteiger partial charge in [-0.15, -0.1) is 0 Å². The molecule has 1 amide bonds. The molecule has 2 aromatic rings. The molecule has 0 aromatic heterocycles. The lowest BCUT2D eigenvalue weighted by atomic mass is 10.1. The third kappa shape index (κ3) is 5.66. The number of alkyl halides is 6. The van der Waals surface area contributed by atoms with Crippen LogP contribution in [0, 0.1) is 6.92 Å². The summed E-state index contributed by atoms with van der Waals surface area (Å²) in [6.45, 7) is 1.86. The Labute approximate surface area is 201 Å². The molecule has 0 bridgehead atoms. The largest absolute Gasteiger partial charge is 0.416 e. The van der Waals surface area contributed by atoms with Crippen molar-refractivity contribution in [2.45, 2.75) is 37.0 Å². The van der Waals surface area contributed by atoms with E-state index in [9.17, 15) is 39.6 Å². The predicted octanol–water partition coefficient (Wildman–Crippen LogP) is 4.88. The molecule has 0 spiro atoms. The van der Waals surface area contributed by atoms with Gasteiger partial charge in [0.05, 0.1) is 35.1 Å². The zero-order valence-electron chi connectivity index (χ0n) is 18.0. The average Bonchev–Trinajstić information content (AvgIpc) is 3.18. The van der Waals surface area contributed by atoms with Crippen LogP contribution in [0.5, 0.6) is 0 Å². The molecule has 0 radical (unpaired) electrons. The summed E-state index contributed by atoms with van der Waals surface area (Å²) in [6.07, 6.45) is -10.3. The van der Waals surface area contributed by atoms with Crippen LogP contribution < -0.4 is 4.90 Å². The molecule has 5 nitrogen and oxygen atoms in total. The number of fused-ring (bicyclic) bond motifs is 1. The Bertz CT molecular complexity index is 1260. The van der Waals surface area contributed by atoms with Gasteiger partial charge in [-0.1, -0.05) is 41.6 Å². The van der Waals surface area contributed by atoms with E-state index in [-0.39, 0.29) is 23.4 Å². The Hall–Kier alpha value is -2.54. The lowest BCUT2D eigenvalue weighted by molar-refractivity contribution is -0.143. The summed E-state index contributed by atoms with van der Waals surface area (Å²) in [6, 6.07) is 7.04. The number of halogens is 6. The van der Waals surface area contributed by atoms with Crippen molar-refractivity contribution >= 4 is 38.4 Å². The maximum atomic E-state index is 13.4. The topological polar surface area (TPSA) is 66.8 Å². The molecule has 188 valence electrons. The first-order chi connectivity index (χ1) is 16.1. The van der Waals surface area contributed by atoms with Crippen LogP contribution in [-0.2, 0) is 33.4 Å². The predicted molar refractivity (Wildman–Crippen MR) is 120 cm³/mol. The molecular formula is C22H18F6N2O3S2. The molecule has 2 fully saturated rings. The molecule has 0 N–H and O–H groups in total. The SMILES string of the molecule is Cc1ccc(CC(=O)N=C2S[C@@H]3CS(=O)(=O)C[C@@H]3N2c2cc(C(F)(F)F)cc(C(F)(F)F)c2)cc1. The molecule has 2 aliphatic heterocycles. The number of amides is 1. The molecule has 0 saturated carbocycles. The fraction of sp³-hybridized carbons (Fsp3) is 0.364. The van der Waals surface area contributed by atoms with Gasteiger partial charge in [-0.2, -0.15) is 31.3 Å². The number of hydrogen-bond donors (Lipinski definition) is 0. The zero-order valence-corrected chi connectivity index (χ0v) is 19.7. The number of anilines is 1. The fourth-order valence-corrected chi connectivity index (χ4v) is 7.90. The summed E-state index contributed by atoms with van der Waals surface area (Å²) < 4.78 is 105. The van der Waals surface area contributed by atoms with Gasteiger partial charge in [-0.05, 0) is 30.7 Å². The summed E-state index contributed by atoms with van der Waals surface area (Å²) in [4.78, 5) is 17.6. The van der Waals surface area contributed by atoms with E-state index >= 15 is 0 Å². The molecule has 35 heavy (non-hydrogen) atoms. The van der Waals surface area contributed by atoms with E-state index in [2.05, 4.69) is 4.99 Å². The standard InChI is InChI=1S/C22H18F6N2O3S2/c1-12-2-4-13(5-3-12)6-19(31)29-20-30(17-10-35(32,33)11-18(17)34-20)16-8-14(21(23,24)25)7-15(9-16)22(26,27)28/h2-5,7-9,17-18H,6,10-11H2,1H3/t17-,18+/m0/s1. The first-order valence-electron chi connectivity index (χ1n) is 10.3. The van der Waals surface area contributed by atoms with Gasteiger partial charge in [0, 0.05) is 10.9 Å². The van der Waals surface area contributed by atoms with Crippen molar-refractivity contribution in [3.8, 4) is 0 Å². The highest BCUT2D eigenvalue weighted by atomic mass is 32.2. The summed E-state index contributed by atoms with van der Waals surface area (Å²) in [5.41, 5.74) is -2.01. The number of carbonyl (C=O) groups is 1. The van der Waals surface area contributed by atoms with Gasteiger partial charge < -0.3 is 4.90 Å². The number of sulfone groups is 1. The first kappa shape index (κ1) is 25.5. The molecular weight excluding hydrogens is 518 g/mol. The molecule has 0 unspecified atom stereocenters. The van der Waals surface area contributed by atoms with Crippen LogP contribution >= 0.6 is 11.8 Å². The Morgan fingerprint density at radius 3 is 2.11 bits per heavy atom. The Morgan fingerprint density at radius 2 is 1.57 bits per heavy atom. The van der Waals surface area contributed by atoms with Crippen molar-refractivity contribution in [3.63, 3.8) is 0 Å². The quantitative estimate of drug-likeness (QED) is 0.524. The summed E-state index contributed by atoms with van der Waals surface area (Å²) in [5, 5.41) is -0.811. The van der Waals surface area contributed by atoms with Gasteiger partial charge in [0.15, 0.2) is 15.0 Å². The van der Waals surface area contributed by atoms with Crippen molar-refractivity contribution < 1.29 is 39.6 Å². The number of hydrogen-bond acceptors (Lipinski definition) is 4. The highest BCUT2D eigenvalue weighted by Gasteiger charge is 2.50. The van der Waals surface area contributed by atoms with E-state index in [1.54, 1.807) is 24.3 Å². The van der Waals surface area contributed by atoms with Crippen LogP contribution in [-0.4, -0.2) is 42.3 Å². The van der Waals surface area contributed by atoms with Crippen LogP contribution in [0.25, 0.3) is 0 Å². The number of nitrogens with zero attached hydrogens (tertiary/aromatic N) is 2. The lowest BCUT2D eigenvalue weighted by Crippen LogP contribution is -2.38. The van der Waals surface area contributed by atoms with E-state index in [1.807, 2.05) is 6.92 Å². The second-order valence-corrected chi connectivity index (χ2v) is 11.7. The maximum Gasteiger partial charge on any atom is 0.416 e. The molecule has 4 rings (SSSR count). The van der Waals surface area contributed by atoms with Gasteiger partial charge in [0.1, 0.15) is 0 Å². The van der Waals surface area contributed by atoms with E-state index in [0.717, 1.165) is 22.2 Å². The fourth-order valence-electron chi connectivity index (χ4n) is 3.97. The average molecular weight is 537 g/mol. The number of carbonyl (C=O) groups excluding carboxylic acids is 1. The van der Waals surface area contributed by atoms with E-state index < -0.39 is 62.0 Å². The molecule has 0 aliphatic carbocycles. The molecule has 2 saturated heterocycles. The van der Waals surface area contributed by atoms with Gasteiger partial charge >= 0.3 is 12.4 Å². The van der Waals surface area contributed by atoms with Crippen molar-refractivity contribution in [2.75, 3.05) is 16.4 Å². The number of rotatable bonds is 3. The Balaban J connectivity index is 1.77. The Kier molecular flexibility index (Phi) is 6.45. The highest BCUT2D eigenvalue weighted by Crippen LogP contribution is 2.44. The summed E-state index contributed by atoms with van der Waals surface area (Å²) in [7, 11) is -3.57. The molecule has 2 atom stereocenters. The number of benzene rings is 2. The lowest BCUT2D eigenvalue weighted by Gasteiger charge is -2.26. The first-order valence-corrected chi connectivity index (χ1v) is 13.0. The zero-order chi connectivity index (χ0) is 25.8. The van der Waals surface area contributed by atoms with Gasteiger partial charge in [0.2, 0.25) is 0 Å². The van der Waals surface area contributed by atoms with E-state index in [4.69, 9.17) is 0 Å². The number of aliphatic imine (C=N–C) groups is 1. The van der Waals surface area contributed by atoms with E-state index in [0.29, 0.717) is 17.7 Å². The monoisotopic (exact) mass is 536 g/mol. The third-order valence-corrected chi connectivity index (χ3v) is 8.82. The van der Waals surface area contributed by atoms with Crippen molar-refractivity contribution in [3.05, 3.63) is 64.7 Å². The van der Waals surface area contributed by atoms with Gasteiger partial charge in [-0.25, -0.2) is 8.42 Å². The number of thioether (sulfide) groups is 1. The second-order valence-electron chi connectivity index (χ2n) is 8.39. The van der Waals surface area contributed by atoms with Gasteiger partial charge in [0.25, 0.3) is 5.91 Å². The van der Waals surface area contributed by atoms with Crippen LogP contribution in [0.4, 0.5) is 32.0 Å². The molecule has 2 aliphatic rings. The minimum atomic E-state index is -5.08. The van der Waals surface area contributed by atoms with Crippen molar-refractivity contribution in [1.29, 1.82) is 0 Å². The van der Waals surface area contributed by atoms with Crippen LogP contribution in [0.2, 0.25) is 0 Å². The summed E-state index contributed by atoms with van der Waals surface area (Å²) >= 11 is 0.868. The molecule has 13 heteroatoms. The molecule has 2 heterocycles. The third-order valence-electron chi connectivity index (χ3n) is 5.61. The van der Waals surface area contributed by atoms with Crippen LogP contribution in [0.15, 0.2) is 47.5 Å².